The van der Waals surface area contributed by atoms with Crippen molar-refractivity contribution in [3.8, 4) is 11.5 Å². The van der Waals surface area contributed by atoms with Gasteiger partial charge >= 0.3 is 0 Å². The Balaban J connectivity index is 2.90. The highest BCUT2D eigenvalue weighted by molar-refractivity contribution is 6.18. The summed E-state index contributed by atoms with van der Waals surface area (Å²) in [4.78, 5) is 0. The second-order valence-electron chi connectivity index (χ2n) is 3.30. The number of halogens is 1. The average molecular weight is 230 g/mol. The van der Waals surface area contributed by atoms with Gasteiger partial charge < -0.3 is 15.2 Å². The first-order valence-corrected chi connectivity index (χ1v) is 5.27. The minimum absolute atomic E-state index is 0.0623. The highest BCUT2D eigenvalue weighted by Crippen LogP contribution is 2.24. The molecule has 1 aromatic carbocycles. The molecule has 1 atom stereocenters. The predicted molar refractivity (Wildman–Crippen MR) is 61.9 cm³/mol. The van der Waals surface area contributed by atoms with Crippen LogP contribution in [0.5, 0.6) is 11.5 Å². The molecule has 0 aliphatic rings. The lowest BCUT2D eigenvalue weighted by Crippen LogP contribution is -2.24. The Bertz CT molecular complexity index is 317. The fraction of sp³-hybridized carbons (Fsp3) is 0.455. The molecule has 0 bridgehead atoms. The van der Waals surface area contributed by atoms with Crippen LogP contribution in [0.1, 0.15) is 5.56 Å². The molecular weight excluding hydrogens is 214 g/mol. The third-order valence-electron chi connectivity index (χ3n) is 2.17. The fourth-order valence-corrected chi connectivity index (χ4v) is 1.49. The number of nitrogens with two attached hydrogens (primary N) is 1. The van der Waals surface area contributed by atoms with E-state index in [0.29, 0.717) is 12.3 Å². The Kier molecular flexibility index (Phi) is 4.72. The molecule has 0 aromatic heterocycles. The van der Waals surface area contributed by atoms with E-state index in [1.165, 1.54) is 0 Å². The maximum atomic E-state index is 5.79. The summed E-state index contributed by atoms with van der Waals surface area (Å²) in [6, 6.07) is 5.59. The van der Waals surface area contributed by atoms with Gasteiger partial charge in [-0.05, 0) is 30.2 Å². The Hall–Kier alpha value is -0.930. The van der Waals surface area contributed by atoms with E-state index in [1.54, 1.807) is 14.2 Å². The van der Waals surface area contributed by atoms with E-state index in [-0.39, 0.29) is 6.04 Å². The van der Waals surface area contributed by atoms with Crippen LogP contribution in [0, 0.1) is 0 Å². The van der Waals surface area contributed by atoms with Crippen molar-refractivity contribution in [1.82, 2.24) is 0 Å². The molecule has 0 amide bonds. The van der Waals surface area contributed by atoms with Gasteiger partial charge in [0.25, 0.3) is 0 Å². The van der Waals surface area contributed by atoms with Crippen LogP contribution >= 0.6 is 11.6 Å². The van der Waals surface area contributed by atoms with E-state index in [1.807, 2.05) is 18.2 Å². The van der Waals surface area contributed by atoms with E-state index in [9.17, 15) is 0 Å². The Morgan fingerprint density at radius 2 is 2.07 bits per heavy atom. The first-order valence-electron chi connectivity index (χ1n) is 4.73. The van der Waals surface area contributed by atoms with Gasteiger partial charge in [0.05, 0.1) is 14.2 Å². The lowest BCUT2D eigenvalue weighted by atomic mass is 10.1. The van der Waals surface area contributed by atoms with Gasteiger partial charge in [0.15, 0.2) is 0 Å². The summed E-state index contributed by atoms with van der Waals surface area (Å²) in [5, 5.41) is 0. The van der Waals surface area contributed by atoms with E-state index < -0.39 is 0 Å². The van der Waals surface area contributed by atoms with Crippen molar-refractivity contribution >= 4 is 11.6 Å². The van der Waals surface area contributed by atoms with Crippen molar-refractivity contribution in [2.45, 2.75) is 12.5 Å². The number of alkyl halides is 1. The van der Waals surface area contributed by atoms with Crippen molar-refractivity contribution in [1.29, 1.82) is 0 Å². The van der Waals surface area contributed by atoms with Gasteiger partial charge in [0, 0.05) is 11.9 Å². The zero-order valence-electron chi connectivity index (χ0n) is 9.00. The van der Waals surface area contributed by atoms with Crippen LogP contribution < -0.4 is 15.2 Å². The lowest BCUT2D eigenvalue weighted by Gasteiger charge is -2.13. The largest absolute Gasteiger partial charge is 0.497 e. The number of rotatable bonds is 5. The smallest absolute Gasteiger partial charge is 0.122 e. The Morgan fingerprint density at radius 3 is 2.60 bits per heavy atom. The van der Waals surface area contributed by atoms with Crippen LogP contribution in [0.2, 0.25) is 0 Å². The number of hydrogen-bond donors (Lipinski definition) is 1. The molecule has 2 N–H and O–H groups in total. The standard InChI is InChI=1S/C11H16ClNO2/c1-14-10-3-4-11(15-2)8(6-10)5-9(13)7-12/h3-4,6,9H,5,7,13H2,1-2H3. The minimum atomic E-state index is -0.0623. The normalized spacial score (nSPS) is 12.3. The molecule has 0 saturated carbocycles. The van der Waals surface area contributed by atoms with E-state index in [4.69, 9.17) is 26.8 Å². The van der Waals surface area contributed by atoms with Crippen LogP contribution in [0.15, 0.2) is 18.2 Å². The molecule has 84 valence electrons. The predicted octanol–water partition coefficient (Wildman–Crippen LogP) is 1.81. The first kappa shape index (κ1) is 12.1. The molecule has 1 rings (SSSR count). The van der Waals surface area contributed by atoms with Gasteiger partial charge in [-0.15, -0.1) is 11.6 Å². The molecule has 1 unspecified atom stereocenters. The molecule has 0 aliphatic carbocycles. The average Bonchev–Trinajstić information content (AvgIpc) is 2.28. The van der Waals surface area contributed by atoms with E-state index in [2.05, 4.69) is 0 Å². The second-order valence-corrected chi connectivity index (χ2v) is 3.60. The lowest BCUT2D eigenvalue weighted by molar-refractivity contribution is 0.397. The van der Waals surface area contributed by atoms with Crippen LogP contribution in [0.4, 0.5) is 0 Å². The quantitative estimate of drug-likeness (QED) is 0.784. The molecule has 0 fully saturated rings. The summed E-state index contributed by atoms with van der Waals surface area (Å²) in [7, 11) is 3.27. The molecule has 15 heavy (non-hydrogen) atoms. The van der Waals surface area contributed by atoms with Crippen molar-refractivity contribution in [3.63, 3.8) is 0 Å². The molecule has 4 heteroatoms. The molecule has 0 aliphatic heterocycles. The Labute approximate surface area is 95.1 Å². The minimum Gasteiger partial charge on any atom is -0.497 e. The highest BCUT2D eigenvalue weighted by Gasteiger charge is 2.09. The molecular formula is C11H16ClNO2. The zero-order valence-corrected chi connectivity index (χ0v) is 9.75. The van der Waals surface area contributed by atoms with Crippen LogP contribution in [-0.4, -0.2) is 26.1 Å². The highest BCUT2D eigenvalue weighted by atomic mass is 35.5. The zero-order chi connectivity index (χ0) is 11.3. The van der Waals surface area contributed by atoms with Gasteiger partial charge in [-0.3, -0.25) is 0 Å². The SMILES string of the molecule is COc1ccc(OC)c(CC(N)CCl)c1. The molecule has 0 spiro atoms. The molecule has 0 heterocycles. The summed E-state index contributed by atoms with van der Waals surface area (Å²) in [6.07, 6.45) is 0.684. The third-order valence-corrected chi connectivity index (χ3v) is 2.56. The maximum Gasteiger partial charge on any atom is 0.122 e. The van der Waals surface area contributed by atoms with Crippen molar-refractivity contribution in [3.05, 3.63) is 23.8 Å². The van der Waals surface area contributed by atoms with Crippen molar-refractivity contribution < 1.29 is 9.47 Å². The summed E-state index contributed by atoms with van der Waals surface area (Å²) in [5.74, 6) is 2.05. The number of methoxy groups -OCH3 is 2. The Morgan fingerprint density at radius 1 is 1.33 bits per heavy atom. The van der Waals surface area contributed by atoms with Crippen LogP contribution in [0.3, 0.4) is 0 Å². The van der Waals surface area contributed by atoms with Gasteiger partial charge in [-0.2, -0.15) is 0 Å². The fourth-order valence-electron chi connectivity index (χ4n) is 1.38. The van der Waals surface area contributed by atoms with Crippen molar-refractivity contribution in [2.75, 3.05) is 20.1 Å². The second kappa shape index (κ2) is 5.83. The molecule has 0 radical (unpaired) electrons. The maximum absolute atomic E-state index is 5.79. The topological polar surface area (TPSA) is 44.5 Å². The first-order chi connectivity index (χ1) is 7.21. The monoisotopic (exact) mass is 229 g/mol. The van der Waals surface area contributed by atoms with Gasteiger partial charge in [0.1, 0.15) is 11.5 Å². The summed E-state index contributed by atoms with van der Waals surface area (Å²) in [6.45, 7) is 0. The number of ether oxygens (including phenoxy) is 2. The van der Waals surface area contributed by atoms with Gasteiger partial charge in [-0.1, -0.05) is 0 Å². The van der Waals surface area contributed by atoms with Crippen LogP contribution in [0.25, 0.3) is 0 Å². The van der Waals surface area contributed by atoms with Gasteiger partial charge in [-0.25, -0.2) is 0 Å². The molecule has 1 aromatic rings. The van der Waals surface area contributed by atoms with Crippen molar-refractivity contribution in [2.24, 2.45) is 5.73 Å². The third kappa shape index (κ3) is 3.29. The number of hydrogen-bond acceptors (Lipinski definition) is 3. The summed E-state index contributed by atoms with van der Waals surface area (Å²) < 4.78 is 10.4. The van der Waals surface area contributed by atoms with Crippen LogP contribution in [-0.2, 0) is 6.42 Å². The molecule has 0 saturated heterocycles. The summed E-state index contributed by atoms with van der Waals surface area (Å²) >= 11 is 5.67. The van der Waals surface area contributed by atoms with E-state index >= 15 is 0 Å². The number of benzene rings is 1. The molecule has 3 nitrogen and oxygen atoms in total. The van der Waals surface area contributed by atoms with E-state index in [0.717, 1.165) is 17.1 Å². The van der Waals surface area contributed by atoms with Gasteiger partial charge in [0.2, 0.25) is 0 Å². The summed E-state index contributed by atoms with van der Waals surface area (Å²) in [5.41, 5.74) is 6.81.